The molecule has 0 heterocycles. The number of rotatable bonds is 8. The lowest BCUT2D eigenvalue weighted by Crippen LogP contribution is -2.53. The van der Waals surface area contributed by atoms with Gasteiger partial charge in [0, 0.05) is 30.1 Å². The molecule has 2 amide bonds. The normalized spacial score (nSPS) is 28.5. The summed E-state index contributed by atoms with van der Waals surface area (Å²) in [6, 6.07) is 7.22. The van der Waals surface area contributed by atoms with Gasteiger partial charge in [0.2, 0.25) is 11.8 Å². The first-order valence-corrected chi connectivity index (χ1v) is 11.5. The summed E-state index contributed by atoms with van der Waals surface area (Å²) in [6.45, 7) is 2.47. The van der Waals surface area contributed by atoms with Crippen LogP contribution in [0.3, 0.4) is 0 Å². The predicted molar refractivity (Wildman–Crippen MR) is 119 cm³/mol. The molecule has 0 spiro atoms. The summed E-state index contributed by atoms with van der Waals surface area (Å²) < 4.78 is 4.85. The van der Waals surface area contributed by atoms with Crippen LogP contribution in [0.5, 0.6) is 0 Å². The van der Waals surface area contributed by atoms with E-state index in [-0.39, 0.29) is 29.6 Å². The Kier molecular flexibility index (Phi) is 6.44. The number of carbonyl (C=O) groups excluding carboxylic acids is 3. The fourth-order valence-electron chi connectivity index (χ4n) is 6.12. The quantitative estimate of drug-likeness (QED) is 0.489. The summed E-state index contributed by atoms with van der Waals surface area (Å²) in [7, 11) is 0. The van der Waals surface area contributed by atoms with Gasteiger partial charge in [-0.05, 0) is 87.0 Å². The maximum Gasteiger partial charge on any atom is 0.330 e. The highest BCUT2D eigenvalue weighted by molar-refractivity contribution is 5.92. The second-order valence-corrected chi connectivity index (χ2v) is 9.46. The molecular formula is C25H32N2O4. The summed E-state index contributed by atoms with van der Waals surface area (Å²) in [4.78, 5) is 36.6. The van der Waals surface area contributed by atoms with Crippen molar-refractivity contribution >= 4 is 29.5 Å². The smallest absolute Gasteiger partial charge is 0.330 e. The lowest BCUT2D eigenvalue weighted by molar-refractivity contribution is -0.146. The highest BCUT2D eigenvalue weighted by Crippen LogP contribution is 2.60. The van der Waals surface area contributed by atoms with E-state index in [1.807, 2.05) is 12.1 Å². The van der Waals surface area contributed by atoms with Crippen LogP contribution >= 0.6 is 0 Å². The van der Waals surface area contributed by atoms with Crippen molar-refractivity contribution in [3.63, 3.8) is 0 Å². The third-order valence-corrected chi connectivity index (χ3v) is 7.05. The molecule has 6 nitrogen and oxygen atoms in total. The first-order chi connectivity index (χ1) is 15.0. The van der Waals surface area contributed by atoms with Gasteiger partial charge in [-0.3, -0.25) is 9.59 Å². The second kappa shape index (κ2) is 9.25. The Bertz CT molecular complexity index is 823. The van der Waals surface area contributed by atoms with Gasteiger partial charge in [0.15, 0.2) is 0 Å². The Labute approximate surface area is 183 Å². The maximum atomic E-state index is 12.9. The van der Waals surface area contributed by atoms with Crippen LogP contribution in [0, 0.1) is 23.2 Å². The molecule has 2 N–H and O–H groups in total. The predicted octanol–water partition coefficient (Wildman–Crippen LogP) is 3.92. The summed E-state index contributed by atoms with van der Waals surface area (Å²) in [5.74, 6) is 1.86. The van der Waals surface area contributed by atoms with Gasteiger partial charge in [-0.25, -0.2) is 4.79 Å². The zero-order valence-corrected chi connectivity index (χ0v) is 18.2. The van der Waals surface area contributed by atoms with Crippen LogP contribution in [0.15, 0.2) is 30.3 Å². The average molecular weight is 425 g/mol. The summed E-state index contributed by atoms with van der Waals surface area (Å²) in [6.07, 6.45) is 10.3. The molecule has 31 heavy (non-hydrogen) atoms. The van der Waals surface area contributed by atoms with Gasteiger partial charge < -0.3 is 15.4 Å². The van der Waals surface area contributed by atoms with Crippen LogP contribution in [0.4, 0.5) is 5.69 Å². The lowest BCUT2D eigenvalue weighted by atomic mass is 9.49. The molecule has 4 bridgehead atoms. The Morgan fingerprint density at radius 3 is 2.23 bits per heavy atom. The van der Waals surface area contributed by atoms with Crippen LogP contribution in [0.2, 0.25) is 0 Å². The van der Waals surface area contributed by atoms with E-state index in [1.54, 1.807) is 25.1 Å². The molecule has 5 rings (SSSR count). The van der Waals surface area contributed by atoms with E-state index in [1.165, 1.54) is 25.3 Å². The molecule has 0 unspecified atom stereocenters. The van der Waals surface area contributed by atoms with Crippen LogP contribution in [0.25, 0.3) is 6.08 Å². The molecule has 4 saturated carbocycles. The standard InChI is InChI=1S/C25H32N2O4/c1-2-31-23(29)8-5-17-3-6-21(7-4-17)27-22(28)9-10-26-24(30)25-14-18-11-19(15-25)13-20(12-18)16-25/h3-8,18-20H,2,9-16H2,1H3,(H,26,30)(H,27,28)/b8-5+. The topological polar surface area (TPSA) is 84.5 Å². The van der Waals surface area contributed by atoms with Crippen LogP contribution in [0.1, 0.15) is 57.4 Å². The van der Waals surface area contributed by atoms with Gasteiger partial charge in [0.1, 0.15) is 0 Å². The van der Waals surface area contributed by atoms with Crippen molar-refractivity contribution in [2.45, 2.75) is 51.9 Å². The lowest BCUT2D eigenvalue weighted by Gasteiger charge is -2.55. The van der Waals surface area contributed by atoms with Crippen molar-refractivity contribution in [1.82, 2.24) is 5.32 Å². The Morgan fingerprint density at radius 1 is 1.03 bits per heavy atom. The largest absolute Gasteiger partial charge is 0.463 e. The first kappa shape index (κ1) is 21.6. The zero-order chi connectivity index (χ0) is 21.8. The van der Waals surface area contributed by atoms with Gasteiger partial charge in [0.05, 0.1) is 6.61 Å². The van der Waals surface area contributed by atoms with E-state index in [4.69, 9.17) is 4.74 Å². The number of benzene rings is 1. The molecule has 0 atom stereocenters. The molecule has 1 aromatic carbocycles. The third kappa shape index (κ3) is 5.17. The van der Waals surface area contributed by atoms with E-state index in [9.17, 15) is 14.4 Å². The molecule has 0 radical (unpaired) electrons. The molecule has 4 aliphatic carbocycles. The molecule has 0 saturated heterocycles. The number of hydrogen-bond donors (Lipinski definition) is 2. The molecule has 4 fully saturated rings. The first-order valence-electron chi connectivity index (χ1n) is 11.5. The minimum absolute atomic E-state index is 0.124. The fourth-order valence-corrected chi connectivity index (χ4v) is 6.12. The summed E-state index contributed by atoms with van der Waals surface area (Å²) in [5, 5.41) is 5.91. The molecule has 166 valence electrons. The summed E-state index contributed by atoms with van der Waals surface area (Å²) in [5.41, 5.74) is 1.36. The Morgan fingerprint density at radius 2 is 1.65 bits per heavy atom. The SMILES string of the molecule is CCOC(=O)/C=C/c1ccc(NC(=O)CCNC(=O)C23CC4CC(CC(C4)C2)C3)cc1. The minimum atomic E-state index is -0.379. The third-order valence-electron chi connectivity index (χ3n) is 7.05. The van der Waals surface area contributed by atoms with E-state index >= 15 is 0 Å². The van der Waals surface area contributed by atoms with Crippen molar-refractivity contribution in [1.29, 1.82) is 0 Å². The van der Waals surface area contributed by atoms with Gasteiger partial charge in [-0.2, -0.15) is 0 Å². The fraction of sp³-hybridized carbons (Fsp3) is 0.560. The Balaban J connectivity index is 1.21. The average Bonchev–Trinajstić information content (AvgIpc) is 2.72. The van der Waals surface area contributed by atoms with Crippen molar-refractivity contribution in [2.75, 3.05) is 18.5 Å². The van der Waals surface area contributed by atoms with Crippen molar-refractivity contribution in [3.8, 4) is 0 Å². The number of esters is 1. The van der Waals surface area contributed by atoms with E-state index in [2.05, 4.69) is 10.6 Å². The van der Waals surface area contributed by atoms with Gasteiger partial charge in [-0.15, -0.1) is 0 Å². The van der Waals surface area contributed by atoms with Crippen molar-refractivity contribution in [2.24, 2.45) is 23.2 Å². The number of anilines is 1. The van der Waals surface area contributed by atoms with Gasteiger partial charge in [-0.1, -0.05) is 12.1 Å². The molecule has 0 aromatic heterocycles. The van der Waals surface area contributed by atoms with Gasteiger partial charge >= 0.3 is 5.97 Å². The monoisotopic (exact) mass is 424 g/mol. The number of nitrogens with one attached hydrogen (secondary N) is 2. The maximum absolute atomic E-state index is 12.9. The molecule has 6 heteroatoms. The number of ether oxygens (including phenoxy) is 1. The van der Waals surface area contributed by atoms with Crippen LogP contribution < -0.4 is 10.6 Å². The van der Waals surface area contributed by atoms with Crippen LogP contribution in [-0.4, -0.2) is 30.9 Å². The molecule has 0 aliphatic heterocycles. The van der Waals surface area contributed by atoms with Gasteiger partial charge in [0.25, 0.3) is 0 Å². The highest BCUT2D eigenvalue weighted by Gasteiger charge is 2.54. The van der Waals surface area contributed by atoms with Crippen molar-refractivity contribution < 1.29 is 19.1 Å². The highest BCUT2D eigenvalue weighted by atomic mass is 16.5. The molecule has 1 aromatic rings. The molecular weight excluding hydrogens is 392 g/mol. The molecule has 4 aliphatic rings. The number of amides is 2. The van der Waals surface area contributed by atoms with E-state index in [0.29, 0.717) is 18.8 Å². The zero-order valence-electron chi connectivity index (χ0n) is 18.2. The van der Waals surface area contributed by atoms with E-state index in [0.717, 1.165) is 42.6 Å². The summed E-state index contributed by atoms with van der Waals surface area (Å²) >= 11 is 0. The minimum Gasteiger partial charge on any atom is -0.463 e. The number of hydrogen-bond acceptors (Lipinski definition) is 4. The van der Waals surface area contributed by atoms with Crippen molar-refractivity contribution in [3.05, 3.63) is 35.9 Å². The Hall–Kier alpha value is -2.63. The second-order valence-electron chi connectivity index (χ2n) is 9.46. The van der Waals surface area contributed by atoms with Crippen LogP contribution in [-0.2, 0) is 19.1 Å². The van der Waals surface area contributed by atoms with E-state index < -0.39 is 0 Å². The number of carbonyl (C=O) groups is 3.